The van der Waals surface area contributed by atoms with E-state index in [1.165, 1.54) is 7.11 Å². The number of amides is 2. The van der Waals surface area contributed by atoms with Crippen molar-refractivity contribution in [1.82, 2.24) is 0 Å². The van der Waals surface area contributed by atoms with Gasteiger partial charge >= 0.3 is 5.97 Å². The molecule has 0 unspecified atom stereocenters. The van der Waals surface area contributed by atoms with Gasteiger partial charge in [0.2, 0.25) is 5.91 Å². The van der Waals surface area contributed by atoms with E-state index in [1.54, 1.807) is 48.5 Å². The summed E-state index contributed by atoms with van der Waals surface area (Å²) in [6.07, 6.45) is 0.453. The van der Waals surface area contributed by atoms with Crippen molar-refractivity contribution < 1.29 is 23.9 Å². The van der Waals surface area contributed by atoms with E-state index < -0.39 is 18.5 Å². The highest BCUT2D eigenvalue weighted by molar-refractivity contribution is 6.33. The highest BCUT2D eigenvalue weighted by Crippen LogP contribution is 2.23. The Morgan fingerprint density at radius 1 is 0.893 bits per heavy atom. The summed E-state index contributed by atoms with van der Waals surface area (Å²) < 4.78 is 10.1. The number of esters is 1. The molecule has 0 spiro atoms. The first-order chi connectivity index (χ1) is 13.5. The van der Waals surface area contributed by atoms with E-state index in [-0.39, 0.29) is 18.7 Å². The maximum Gasteiger partial charge on any atom is 0.306 e. The van der Waals surface area contributed by atoms with E-state index in [0.29, 0.717) is 28.6 Å². The molecule has 0 aliphatic heterocycles. The Balaban J connectivity index is 1.66. The van der Waals surface area contributed by atoms with Crippen LogP contribution in [0.2, 0.25) is 5.02 Å². The number of nitrogens with one attached hydrogen (secondary N) is 2. The standard InChI is InChI=1S/C20H21ClN2O5/c1-27-17-10-5-4-9-16(17)23-19(25)13-28-20(26)12-6-11-18(24)22-15-8-3-2-7-14(15)21/h2-5,7-10H,6,11-13H2,1H3,(H,22,24)(H,23,25). The summed E-state index contributed by atoms with van der Waals surface area (Å²) >= 11 is 5.97. The smallest absolute Gasteiger partial charge is 0.306 e. The Bertz CT molecular complexity index is 841. The summed E-state index contributed by atoms with van der Waals surface area (Å²) in [6, 6.07) is 13.8. The summed E-state index contributed by atoms with van der Waals surface area (Å²) in [5, 5.41) is 5.72. The molecule has 2 aromatic rings. The van der Waals surface area contributed by atoms with Crippen LogP contribution in [0.4, 0.5) is 11.4 Å². The summed E-state index contributed by atoms with van der Waals surface area (Å²) in [4.78, 5) is 35.5. The number of para-hydroxylation sites is 3. The number of ether oxygens (including phenoxy) is 2. The van der Waals surface area contributed by atoms with Crippen LogP contribution in [0.3, 0.4) is 0 Å². The third kappa shape index (κ3) is 6.92. The van der Waals surface area contributed by atoms with E-state index in [1.807, 2.05) is 0 Å². The van der Waals surface area contributed by atoms with E-state index in [4.69, 9.17) is 21.1 Å². The van der Waals surface area contributed by atoms with Gasteiger partial charge in [-0.1, -0.05) is 35.9 Å². The summed E-state index contributed by atoms with van der Waals surface area (Å²) in [7, 11) is 1.49. The maximum atomic E-state index is 11.9. The lowest BCUT2D eigenvalue weighted by atomic mass is 10.2. The molecule has 2 N–H and O–H groups in total. The fraction of sp³-hybridized carbons (Fsp3) is 0.250. The fourth-order valence-electron chi connectivity index (χ4n) is 2.32. The molecule has 0 fully saturated rings. The molecule has 0 aliphatic rings. The molecule has 0 bridgehead atoms. The number of hydrogen-bond donors (Lipinski definition) is 2. The number of methoxy groups -OCH3 is 1. The third-order valence-electron chi connectivity index (χ3n) is 3.68. The van der Waals surface area contributed by atoms with E-state index in [0.717, 1.165) is 0 Å². The van der Waals surface area contributed by atoms with Crippen LogP contribution >= 0.6 is 11.6 Å². The van der Waals surface area contributed by atoms with Gasteiger partial charge in [0.1, 0.15) is 5.75 Å². The second-order valence-corrected chi connectivity index (χ2v) is 6.20. The Hall–Kier alpha value is -3.06. The van der Waals surface area contributed by atoms with Gasteiger partial charge in [-0.25, -0.2) is 0 Å². The van der Waals surface area contributed by atoms with Crippen molar-refractivity contribution in [2.24, 2.45) is 0 Å². The Morgan fingerprint density at radius 2 is 1.54 bits per heavy atom. The van der Waals surface area contributed by atoms with Crippen molar-refractivity contribution in [3.63, 3.8) is 0 Å². The molecule has 0 saturated heterocycles. The molecule has 0 atom stereocenters. The molecule has 28 heavy (non-hydrogen) atoms. The molecule has 2 rings (SSSR count). The van der Waals surface area contributed by atoms with Crippen LogP contribution < -0.4 is 15.4 Å². The zero-order chi connectivity index (χ0) is 20.4. The van der Waals surface area contributed by atoms with Gasteiger partial charge < -0.3 is 20.1 Å². The normalized spacial score (nSPS) is 10.1. The number of carbonyl (C=O) groups excluding carboxylic acids is 3. The number of halogens is 1. The lowest BCUT2D eigenvalue weighted by Gasteiger charge is -2.10. The Morgan fingerprint density at radius 3 is 2.25 bits per heavy atom. The van der Waals surface area contributed by atoms with Gasteiger partial charge in [0, 0.05) is 12.8 Å². The quantitative estimate of drug-likeness (QED) is 0.622. The number of carbonyl (C=O) groups is 3. The Labute approximate surface area is 168 Å². The topological polar surface area (TPSA) is 93.7 Å². The predicted octanol–water partition coefficient (Wildman–Crippen LogP) is 3.64. The largest absolute Gasteiger partial charge is 0.495 e. The number of hydrogen-bond acceptors (Lipinski definition) is 5. The van der Waals surface area contributed by atoms with Gasteiger partial charge in [-0.2, -0.15) is 0 Å². The first-order valence-corrected chi connectivity index (χ1v) is 9.00. The molecule has 0 saturated carbocycles. The van der Waals surface area contributed by atoms with Gasteiger partial charge in [-0.3, -0.25) is 14.4 Å². The molecule has 148 valence electrons. The number of benzene rings is 2. The minimum absolute atomic E-state index is 0.0257. The van der Waals surface area contributed by atoms with Crippen LogP contribution in [0, 0.1) is 0 Å². The number of rotatable bonds is 9. The zero-order valence-electron chi connectivity index (χ0n) is 15.4. The second kappa shape index (κ2) is 10.9. The van der Waals surface area contributed by atoms with Crippen LogP contribution in [0.25, 0.3) is 0 Å². The lowest BCUT2D eigenvalue weighted by Crippen LogP contribution is -2.21. The first-order valence-electron chi connectivity index (χ1n) is 8.62. The van der Waals surface area contributed by atoms with Crippen molar-refractivity contribution in [3.8, 4) is 5.75 Å². The summed E-state index contributed by atoms with van der Waals surface area (Å²) in [6.45, 7) is -0.414. The SMILES string of the molecule is COc1ccccc1NC(=O)COC(=O)CCCC(=O)Nc1ccccc1Cl. The molecule has 0 aromatic heterocycles. The van der Waals surface area contributed by atoms with Crippen LogP contribution in [0.5, 0.6) is 5.75 Å². The van der Waals surface area contributed by atoms with Crippen LogP contribution in [-0.2, 0) is 19.1 Å². The Kier molecular flexibility index (Phi) is 8.30. The minimum atomic E-state index is -0.555. The molecule has 0 heterocycles. The van der Waals surface area contributed by atoms with Crippen molar-refractivity contribution in [2.45, 2.75) is 19.3 Å². The van der Waals surface area contributed by atoms with Crippen molar-refractivity contribution >= 4 is 40.8 Å². The van der Waals surface area contributed by atoms with Crippen molar-refractivity contribution in [2.75, 3.05) is 24.4 Å². The average molecular weight is 405 g/mol. The molecule has 0 aliphatic carbocycles. The lowest BCUT2D eigenvalue weighted by molar-refractivity contribution is -0.147. The fourth-order valence-corrected chi connectivity index (χ4v) is 2.50. The minimum Gasteiger partial charge on any atom is -0.495 e. The summed E-state index contributed by atoms with van der Waals surface area (Å²) in [5.41, 5.74) is 1.01. The average Bonchev–Trinajstić information content (AvgIpc) is 2.68. The van der Waals surface area contributed by atoms with E-state index in [2.05, 4.69) is 10.6 Å². The highest BCUT2D eigenvalue weighted by Gasteiger charge is 2.11. The monoisotopic (exact) mass is 404 g/mol. The summed E-state index contributed by atoms with van der Waals surface area (Å²) in [5.74, 6) is -0.781. The highest BCUT2D eigenvalue weighted by atomic mass is 35.5. The first kappa shape index (κ1) is 21.2. The number of anilines is 2. The third-order valence-corrected chi connectivity index (χ3v) is 4.01. The maximum absolute atomic E-state index is 11.9. The molecule has 2 amide bonds. The van der Waals surface area contributed by atoms with Crippen LogP contribution in [0.1, 0.15) is 19.3 Å². The van der Waals surface area contributed by atoms with Crippen LogP contribution in [-0.4, -0.2) is 31.5 Å². The van der Waals surface area contributed by atoms with Crippen molar-refractivity contribution in [3.05, 3.63) is 53.6 Å². The molecule has 0 radical (unpaired) electrons. The van der Waals surface area contributed by atoms with Gasteiger partial charge in [0.25, 0.3) is 5.91 Å². The van der Waals surface area contributed by atoms with Crippen LogP contribution in [0.15, 0.2) is 48.5 Å². The predicted molar refractivity (Wildman–Crippen MR) is 107 cm³/mol. The van der Waals surface area contributed by atoms with Gasteiger partial charge in [0.15, 0.2) is 6.61 Å². The van der Waals surface area contributed by atoms with E-state index >= 15 is 0 Å². The van der Waals surface area contributed by atoms with Crippen molar-refractivity contribution in [1.29, 1.82) is 0 Å². The molecule has 7 nitrogen and oxygen atoms in total. The molecule has 2 aromatic carbocycles. The molecule has 8 heteroatoms. The molecular weight excluding hydrogens is 384 g/mol. The second-order valence-electron chi connectivity index (χ2n) is 5.79. The van der Waals surface area contributed by atoms with E-state index in [9.17, 15) is 14.4 Å². The zero-order valence-corrected chi connectivity index (χ0v) is 16.1. The molecular formula is C20H21ClN2O5. The van der Waals surface area contributed by atoms with Gasteiger partial charge in [0.05, 0.1) is 23.5 Å². The van der Waals surface area contributed by atoms with Gasteiger partial charge in [-0.05, 0) is 30.7 Å². The van der Waals surface area contributed by atoms with Gasteiger partial charge in [-0.15, -0.1) is 0 Å².